The summed E-state index contributed by atoms with van der Waals surface area (Å²) in [5, 5.41) is 17.6. The molecule has 0 aromatic heterocycles. The smallest absolute Gasteiger partial charge is 0.0991 e. The minimum absolute atomic E-state index is 0.189. The van der Waals surface area contributed by atoms with E-state index in [0.717, 1.165) is 0 Å². The van der Waals surface area contributed by atoms with E-state index in [0.29, 0.717) is 16.1 Å². The lowest BCUT2D eigenvalue weighted by molar-refractivity contribution is 0.748. The highest BCUT2D eigenvalue weighted by atomic mass is 35.5. The molecule has 70 valence electrons. The van der Waals surface area contributed by atoms with Crippen LogP contribution in [0.15, 0.2) is 18.2 Å². The number of nitriles is 2. The van der Waals surface area contributed by atoms with Gasteiger partial charge in [0.2, 0.25) is 0 Å². The van der Waals surface area contributed by atoms with E-state index in [4.69, 9.17) is 27.9 Å². The summed E-state index contributed by atoms with van der Waals surface area (Å²) in [7, 11) is 0. The van der Waals surface area contributed by atoms with Gasteiger partial charge in [-0.3, -0.25) is 0 Å². The fourth-order valence-corrected chi connectivity index (χ4v) is 1.36. The molecule has 0 saturated heterocycles. The predicted octanol–water partition coefficient (Wildman–Crippen LogP) is 2.13. The lowest BCUT2D eigenvalue weighted by Gasteiger charge is -2.09. The molecule has 0 aliphatic carbocycles. The summed E-state index contributed by atoms with van der Waals surface area (Å²) < 4.78 is 0. The molecule has 1 atom stereocenters. The molecule has 3 nitrogen and oxygen atoms in total. The van der Waals surface area contributed by atoms with Crippen LogP contribution in [0.4, 0.5) is 0 Å². The molecule has 1 aromatic rings. The summed E-state index contributed by atoms with van der Waals surface area (Å²) in [5.74, 6) is 0. The first-order valence-corrected chi connectivity index (χ1v) is 4.39. The molecule has 1 rings (SSSR count). The van der Waals surface area contributed by atoms with E-state index in [1.54, 1.807) is 18.2 Å². The van der Waals surface area contributed by atoms with Crippen LogP contribution in [0, 0.1) is 22.7 Å². The number of nitrogens with zero attached hydrogens (tertiary/aromatic N) is 2. The molecule has 0 amide bonds. The second kappa shape index (κ2) is 4.62. The first kappa shape index (κ1) is 10.5. The highest BCUT2D eigenvalue weighted by Crippen LogP contribution is 2.24. The first-order valence-electron chi connectivity index (χ1n) is 4.01. The van der Waals surface area contributed by atoms with Crippen molar-refractivity contribution in [3.63, 3.8) is 0 Å². The number of benzene rings is 1. The summed E-state index contributed by atoms with van der Waals surface area (Å²) in [6.45, 7) is 0. The van der Waals surface area contributed by atoms with Gasteiger partial charge in [0.15, 0.2) is 0 Å². The molecule has 0 spiro atoms. The Hall–Kier alpha value is -1.55. The van der Waals surface area contributed by atoms with Gasteiger partial charge in [0, 0.05) is 11.1 Å². The van der Waals surface area contributed by atoms with Gasteiger partial charge in [-0.15, -0.1) is 0 Å². The van der Waals surface area contributed by atoms with Crippen molar-refractivity contribution in [3.8, 4) is 12.1 Å². The van der Waals surface area contributed by atoms with Gasteiger partial charge < -0.3 is 5.73 Å². The molecule has 0 radical (unpaired) electrons. The van der Waals surface area contributed by atoms with Crippen LogP contribution in [0.2, 0.25) is 5.02 Å². The van der Waals surface area contributed by atoms with Gasteiger partial charge in [0.05, 0.1) is 24.1 Å². The zero-order valence-corrected chi connectivity index (χ0v) is 8.12. The van der Waals surface area contributed by atoms with E-state index in [9.17, 15) is 0 Å². The van der Waals surface area contributed by atoms with Crippen LogP contribution in [0.1, 0.15) is 23.6 Å². The molecule has 2 N–H and O–H groups in total. The van der Waals surface area contributed by atoms with Crippen LogP contribution in [-0.4, -0.2) is 0 Å². The van der Waals surface area contributed by atoms with Crippen LogP contribution in [0.5, 0.6) is 0 Å². The summed E-state index contributed by atoms with van der Waals surface area (Å²) in [6, 6.07) is 8.38. The molecule has 14 heavy (non-hydrogen) atoms. The molecular weight excluding hydrogens is 198 g/mol. The molecule has 0 aliphatic heterocycles. The van der Waals surface area contributed by atoms with Gasteiger partial charge in [0.25, 0.3) is 0 Å². The van der Waals surface area contributed by atoms with Gasteiger partial charge in [-0.2, -0.15) is 10.5 Å². The third kappa shape index (κ3) is 2.23. The van der Waals surface area contributed by atoms with Crippen molar-refractivity contribution >= 4 is 11.6 Å². The normalized spacial score (nSPS) is 11.4. The van der Waals surface area contributed by atoms with E-state index in [2.05, 4.69) is 0 Å². The van der Waals surface area contributed by atoms with E-state index in [1.807, 2.05) is 12.1 Å². The zero-order valence-electron chi connectivity index (χ0n) is 7.37. The van der Waals surface area contributed by atoms with Gasteiger partial charge >= 0.3 is 0 Å². The van der Waals surface area contributed by atoms with Gasteiger partial charge in [-0.05, 0) is 23.8 Å². The van der Waals surface area contributed by atoms with E-state index < -0.39 is 6.04 Å². The molecular formula is C10H8ClN3. The third-order valence-electron chi connectivity index (χ3n) is 1.84. The molecule has 0 aliphatic rings. The fourth-order valence-electron chi connectivity index (χ4n) is 1.11. The first-order chi connectivity index (χ1) is 6.69. The van der Waals surface area contributed by atoms with Gasteiger partial charge in [-0.1, -0.05) is 11.6 Å². The van der Waals surface area contributed by atoms with Crippen LogP contribution in [-0.2, 0) is 0 Å². The lowest BCUT2D eigenvalue weighted by atomic mass is 10.0. The summed E-state index contributed by atoms with van der Waals surface area (Å²) in [5.41, 5.74) is 6.86. The standard InChI is InChI=1S/C10H8ClN3/c11-9-2-1-7(6-13)5-8(9)10(14)3-4-12/h1-2,5,10H,3,14H2/t10-/m1/s1. The highest BCUT2D eigenvalue weighted by molar-refractivity contribution is 6.31. The Morgan fingerprint density at radius 3 is 2.71 bits per heavy atom. The molecule has 0 unspecified atom stereocenters. The Balaban J connectivity index is 3.08. The number of hydrogen-bond acceptors (Lipinski definition) is 3. The number of nitrogens with two attached hydrogens (primary N) is 1. The Kier molecular flexibility index (Phi) is 3.48. The van der Waals surface area contributed by atoms with Crippen LogP contribution in [0.3, 0.4) is 0 Å². The maximum atomic E-state index is 8.67. The maximum absolute atomic E-state index is 8.67. The van der Waals surface area contributed by atoms with Crippen LogP contribution in [0.25, 0.3) is 0 Å². The van der Waals surface area contributed by atoms with E-state index in [1.165, 1.54) is 0 Å². The maximum Gasteiger partial charge on any atom is 0.0991 e. The van der Waals surface area contributed by atoms with Crippen molar-refractivity contribution in [2.75, 3.05) is 0 Å². The predicted molar refractivity (Wildman–Crippen MR) is 53.3 cm³/mol. The average Bonchev–Trinajstić information content (AvgIpc) is 2.19. The van der Waals surface area contributed by atoms with Crippen molar-refractivity contribution in [2.45, 2.75) is 12.5 Å². The minimum atomic E-state index is -0.430. The highest BCUT2D eigenvalue weighted by Gasteiger charge is 2.10. The Bertz CT molecular complexity index is 414. The van der Waals surface area contributed by atoms with Crippen molar-refractivity contribution in [1.82, 2.24) is 0 Å². The fraction of sp³-hybridized carbons (Fsp3) is 0.200. The second-order valence-corrected chi connectivity index (χ2v) is 3.22. The summed E-state index contributed by atoms with van der Waals surface area (Å²) >= 11 is 5.88. The van der Waals surface area contributed by atoms with Crippen molar-refractivity contribution < 1.29 is 0 Å². The van der Waals surface area contributed by atoms with Crippen molar-refractivity contribution in [2.24, 2.45) is 5.73 Å². The van der Waals surface area contributed by atoms with Gasteiger partial charge in [0.1, 0.15) is 0 Å². The second-order valence-electron chi connectivity index (χ2n) is 2.82. The summed E-state index contributed by atoms with van der Waals surface area (Å²) in [6.07, 6.45) is 0.189. The average molecular weight is 206 g/mol. The van der Waals surface area contributed by atoms with Crippen molar-refractivity contribution in [3.05, 3.63) is 34.3 Å². The minimum Gasteiger partial charge on any atom is -0.323 e. The molecule has 0 saturated carbocycles. The molecule has 0 heterocycles. The molecule has 0 fully saturated rings. The Morgan fingerprint density at radius 1 is 1.43 bits per heavy atom. The Morgan fingerprint density at radius 2 is 2.14 bits per heavy atom. The molecule has 0 bridgehead atoms. The zero-order chi connectivity index (χ0) is 10.6. The molecule has 1 aromatic carbocycles. The third-order valence-corrected chi connectivity index (χ3v) is 2.18. The van der Waals surface area contributed by atoms with Gasteiger partial charge in [-0.25, -0.2) is 0 Å². The monoisotopic (exact) mass is 205 g/mol. The van der Waals surface area contributed by atoms with Crippen LogP contribution < -0.4 is 5.73 Å². The Labute approximate surface area is 87.3 Å². The quantitative estimate of drug-likeness (QED) is 0.804. The molecule has 4 heteroatoms. The van der Waals surface area contributed by atoms with E-state index >= 15 is 0 Å². The number of hydrogen-bond donors (Lipinski definition) is 1. The van der Waals surface area contributed by atoms with E-state index in [-0.39, 0.29) is 6.42 Å². The lowest BCUT2D eigenvalue weighted by Crippen LogP contribution is -2.10. The number of halogens is 1. The largest absolute Gasteiger partial charge is 0.323 e. The number of rotatable bonds is 2. The SMILES string of the molecule is N#CC[C@@H](N)c1cc(C#N)ccc1Cl. The van der Waals surface area contributed by atoms with Crippen LogP contribution >= 0.6 is 11.6 Å². The topological polar surface area (TPSA) is 73.6 Å². The summed E-state index contributed by atoms with van der Waals surface area (Å²) in [4.78, 5) is 0. The van der Waals surface area contributed by atoms with Crippen molar-refractivity contribution in [1.29, 1.82) is 10.5 Å².